The molecule has 2 heterocycles. The number of fused-ring (bicyclic) bond motifs is 1. The standard InChI is InChI=1S/C31H37ClN6O4/c1-5-37(6-2)15-16-42-22-13-11-20(12-14-22)33-31-34-29-26(35-36-31)19-25(30(39)38(29)21-9-7-8-10-21)24-17-23(40-3)18-27(41-4)28(24)32/h11-14,17-19,21H,5-10,15-16H2,1-4H3,(H,33,34,36). The molecule has 1 aliphatic rings. The van der Waals surface area contributed by atoms with Crippen molar-refractivity contribution in [3.8, 4) is 28.4 Å². The first kappa shape index (κ1) is 29.6. The Balaban J connectivity index is 1.47. The Morgan fingerprint density at radius 3 is 2.38 bits per heavy atom. The second-order valence-corrected chi connectivity index (χ2v) is 10.6. The van der Waals surface area contributed by atoms with E-state index in [-0.39, 0.29) is 11.6 Å². The second-order valence-electron chi connectivity index (χ2n) is 10.2. The third kappa shape index (κ3) is 6.29. The molecule has 1 N–H and O–H groups in total. The maximum Gasteiger partial charge on any atom is 0.260 e. The first-order valence-electron chi connectivity index (χ1n) is 14.4. The number of nitrogens with one attached hydrogen (secondary N) is 1. The van der Waals surface area contributed by atoms with Crippen molar-refractivity contribution in [2.45, 2.75) is 45.6 Å². The maximum absolute atomic E-state index is 14.1. The highest BCUT2D eigenvalue weighted by Crippen LogP contribution is 2.39. The molecule has 222 valence electrons. The van der Waals surface area contributed by atoms with E-state index >= 15 is 0 Å². The van der Waals surface area contributed by atoms with Gasteiger partial charge in [0.1, 0.15) is 29.4 Å². The normalized spacial score (nSPS) is 13.6. The summed E-state index contributed by atoms with van der Waals surface area (Å²) in [5, 5.41) is 12.3. The van der Waals surface area contributed by atoms with Crippen molar-refractivity contribution in [1.82, 2.24) is 24.6 Å². The van der Waals surface area contributed by atoms with Crippen molar-refractivity contribution in [3.05, 3.63) is 57.8 Å². The van der Waals surface area contributed by atoms with E-state index < -0.39 is 0 Å². The van der Waals surface area contributed by atoms with Gasteiger partial charge in [0.2, 0.25) is 5.95 Å². The Labute approximate surface area is 250 Å². The van der Waals surface area contributed by atoms with Crippen LogP contribution in [0.5, 0.6) is 17.2 Å². The van der Waals surface area contributed by atoms with Crippen molar-refractivity contribution in [3.63, 3.8) is 0 Å². The lowest BCUT2D eigenvalue weighted by Gasteiger charge is -2.19. The van der Waals surface area contributed by atoms with Gasteiger partial charge in [-0.1, -0.05) is 38.3 Å². The van der Waals surface area contributed by atoms with Gasteiger partial charge in [-0.05, 0) is 62.3 Å². The molecule has 0 saturated heterocycles. The summed E-state index contributed by atoms with van der Waals surface area (Å²) in [6.07, 6.45) is 3.86. The average Bonchev–Trinajstić information content (AvgIpc) is 3.55. The molecule has 1 saturated carbocycles. The molecular weight excluding hydrogens is 556 g/mol. The van der Waals surface area contributed by atoms with E-state index in [9.17, 15) is 4.79 Å². The quantitative estimate of drug-likeness (QED) is 0.209. The molecule has 4 aromatic rings. The van der Waals surface area contributed by atoms with Gasteiger partial charge < -0.3 is 24.4 Å². The summed E-state index contributed by atoms with van der Waals surface area (Å²) < 4.78 is 18.5. The van der Waals surface area contributed by atoms with E-state index in [1.54, 1.807) is 29.9 Å². The fourth-order valence-corrected chi connectivity index (χ4v) is 5.69. The van der Waals surface area contributed by atoms with Gasteiger partial charge in [0.25, 0.3) is 5.56 Å². The first-order valence-corrected chi connectivity index (χ1v) is 14.8. The smallest absolute Gasteiger partial charge is 0.260 e. The van der Waals surface area contributed by atoms with Crippen LogP contribution in [0.25, 0.3) is 22.3 Å². The molecule has 0 aliphatic heterocycles. The molecule has 0 atom stereocenters. The summed E-state index contributed by atoms with van der Waals surface area (Å²) >= 11 is 6.69. The number of halogens is 1. The maximum atomic E-state index is 14.1. The fourth-order valence-electron chi connectivity index (χ4n) is 5.40. The fraction of sp³-hybridized carbons (Fsp3) is 0.419. The van der Waals surface area contributed by atoms with Crippen LogP contribution in [0.15, 0.2) is 47.3 Å². The number of aromatic nitrogens is 4. The molecule has 2 aromatic heterocycles. The molecule has 1 fully saturated rings. The number of likely N-dealkylation sites (N-methyl/N-ethyl adjacent to an activating group) is 1. The Hall–Kier alpha value is -3.89. The molecule has 5 rings (SSSR count). The zero-order valence-corrected chi connectivity index (χ0v) is 25.3. The number of nitrogens with zero attached hydrogens (tertiary/aromatic N) is 5. The van der Waals surface area contributed by atoms with Gasteiger partial charge in [-0.3, -0.25) is 9.36 Å². The zero-order chi connectivity index (χ0) is 29.6. The number of hydrogen-bond donors (Lipinski definition) is 1. The lowest BCUT2D eigenvalue weighted by atomic mass is 10.0. The van der Waals surface area contributed by atoms with Crippen LogP contribution in [0.3, 0.4) is 0 Å². The minimum atomic E-state index is -0.190. The Morgan fingerprint density at radius 1 is 0.976 bits per heavy atom. The second kappa shape index (κ2) is 13.4. The van der Waals surface area contributed by atoms with Crippen LogP contribution in [0.4, 0.5) is 11.6 Å². The van der Waals surface area contributed by atoms with Crippen LogP contribution in [0.1, 0.15) is 45.6 Å². The molecule has 42 heavy (non-hydrogen) atoms. The number of rotatable bonds is 12. The largest absolute Gasteiger partial charge is 0.497 e. The molecule has 0 spiro atoms. The molecular formula is C31H37ClN6O4. The van der Waals surface area contributed by atoms with Crippen LogP contribution in [0, 0.1) is 0 Å². The third-order valence-corrected chi connectivity index (χ3v) is 8.17. The van der Waals surface area contributed by atoms with E-state index in [2.05, 4.69) is 34.3 Å². The van der Waals surface area contributed by atoms with E-state index in [0.717, 1.165) is 56.8 Å². The highest BCUT2D eigenvalue weighted by atomic mass is 35.5. The predicted octanol–water partition coefficient (Wildman–Crippen LogP) is 6.10. The topological polar surface area (TPSA) is 104 Å². The predicted molar refractivity (Wildman–Crippen MR) is 166 cm³/mol. The van der Waals surface area contributed by atoms with Crippen LogP contribution in [-0.2, 0) is 0 Å². The van der Waals surface area contributed by atoms with Gasteiger partial charge in [0.05, 0.1) is 24.8 Å². The molecule has 10 nitrogen and oxygen atoms in total. The van der Waals surface area contributed by atoms with Crippen molar-refractivity contribution >= 4 is 34.4 Å². The first-order chi connectivity index (χ1) is 20.4. The van der Waals surface area contributed by atoms with Crippen LogP contribution in [-0.4, -0.2) is 65.1 Å². The lowest BCUT2D eigenvalue weighted by molar-refractivity contribution is 0.223. The van der Waals surface area contributed by atoms with E-state index in [4.69, 9.17) is 30.8 Å². The highest BCUT2D eigenvalue weighted by Gasteiger charge is 2.25. The van der Waals surface area contributed by atoms with Crippen molar-refractivity contribution in [2.24, 2.45) is 0 Å². The monoisotopic (exact) mass is 592 g/mol. The SMILES string of the molecule is CCN(CC)CCOc1ccc(Nc2nnc3cc(-c4cc(OC)cc(OC)c4Cl)c(=O)n(C4CCCC4)c3n2)cc1. The number of benzene rings is 2. The molecule has 0 bridgehead atoms. The summed E-state index contributed by atoms with van der Waals surface area (Å²) in [4.78, 5) is 21.2. The summed E-state index contributed by atoms with van der Waals surface area (Å²) in [7, 11) is 3.08. The Bertz CT molecular complexity index is 1580. The number of methoxy groups -OCH3 is 2. The van der Waals surface area contributed by atoms with Gasteiger partial charge in [-0.25, -0.2) is 0 Å². The van der Waals surface area contributed by atoms with Gasteiger partial charge in [-0.2, -0.15) is 4.98 Å². The minimum absolute atomic E-state index is 0.00329. The number of hydrogen-bond acceptors (Lipinski definition) is 9. The van der Waals surface area contributed by atoms with Crippen molar-refractivity contribution in [1.29, 1.82) is 0 Å². The van der Waals surface area contributed by atoms with Gasteiger partial charge >= 0.3 is 0 Å². The van der Waals surface area contributed by atoms with Gasteiger partial charge in [-0.15, -0.1) is 10.2 Å². The summed E-state index contributed by atoms with van der Waals surface area (Å²) in [5.74, 6) is 2.04. The van der Waals surface area contributed by atoms with E-state index in [0.29, 0.717) is 51.4 Å². The van der Waals surface area contributed by atoms with Gasteiger partial charge in [0.15, 0.2) is 5.65 Å². The molecule has 0 radical (unpaired) electrons. The Kier molecular flexibility index (Phi) is 9.44. The number of ether oxygens (including phenoxy) is 3. The lowest BCUT2D eigenvalue weighted by Crippen LogP contribution is -2.27. The van der Waals surface area contributed by atoms with Crippen LogP contribution < -0.4 is 25.1 Å². The third-order valence-electron chi connectivity index (χ3n) is 7.78. The zero-order valence-electron chi connectivity index (χ0n) is 24.5. The van der Waals surface area contributed by atoms with Gasteiger partial charge in [0, 0.05) is 29.9 Å². The van der Waals surface area contributed by atoms with Crippen LogP contribution in [0.2, 0.25) is 5.02 Å². The van der Waals surface area contributed by atoms with Crippen LogP contribution >= 0.6 is 11.6 Å². The van der Waals surface area contributed by atoms with Crippen molar-refractivity contribution < 1.29 is 14.2 Å². The molecule has 0 unspecified atom stereocenters. The molecule has 1 aliphatic carbocycles. The average molecular weight is 593 g/mol. The van der Waals surface area contributed by atoms with E-state index in [1.165, 1.54) is 7.11 Å². The highest BCUT2D eigenvalue weighted by molar-refractivity contribution is 6.35. The summed E-state index contributed by atoms with van der Waals surface area (Å²) in [6, 6.07) is 12.8. The molecule has 11 heteroatoms. The summed E-state index contributed by atoms with van der Waals surface area (Å²) in [5.41, 5.74) is 2.48. The minimum Gasteiger partial charge on any atom is -0.497 e. The summed E-state index contributed by atoms with van der Waals surface area (Å²) in [6.45, 7) is 7.80. The van der Waals surface area contributed by atoms with Crippen molar-refractivity contribution in [2.75, 3.05) is 45.8 Å². The number of anilines is 2. The molecule has 0 amide bonds. The molecule has 2 aromatic carbocycles. The number of pyridine rings is 1. The Morgan fingerprint density at radius 2 is 1.71 bits per heavy atom. The van der Waals surface area contributed by atoms with E-state index in [1.807, 2.05) is 24.3 Å².